The molecule has 0 saturated carbocycles. The number of hydrogen-bond donors (Lipinski definition) is 1. The molecule has 10 heteroatoms. The fourth-order valence-electron chi connectivity index (χ4n) is 2.99. The van der Waals surface area contributed by atoms with Gasteiger partial charge < -0.3 is 10.2 Å². The summed E-state index contributed by atoms with van der Waals surface area (Å²) in [5.41, 5.74) is 1.20. The van der Waals surface area contributed by atoms with Crippen LogP contribution < -0.4 is 9.62 Å². The van der Waals surface area contributed by atoms with Crippen LogP contribution in [0.1, 0.15) is 25.8 Å². The summed E-state index contributed by atoms with van der Waals surface area (Å²) < 4.78 is 27.7. The van der Waals surface area contributed by atoms with Crippen molar-refractivity contribution in [1.29, 1.82) is 0 Å². The fraction of sp³-hybridized carbons (Fsp3) is 0.364. The predicted molar refractivity (Wildman–Crippen MR) is 134 cm³/mol. The van der Waals surface area contributed by atoms with Crippen molar-refractivity contribution in [3.05, 3.63) is 63.0 Å². The Bertz CT molecular complexity index is 1030. The Labute approximate surface area is 206 Å². The zero-order valence-corrected chi connectivity index (χ0v) is 22.2. The first-order valence-corrected chi connectivity index (χ1v) is 13.5. The number of amides is 2. The summed E-state index contributed by atoms with van der Waals surface area (Å²) in [6.45, 7) is 3.84. The summed E-state index contributed by atoms with van der Waals surface area (Å²) in [4.78, 5) is 27.4. The number of rotatable bonds is 10. The number of anilines is 1. The van der Waals surface area contributed by atoms with Gasteiger partial charge in [-0.15, -0.1) is 0 Å². The second-order valence-corrected chi connectivity index (χ2v) is 11.1. The standard InChI is InChI=1S/C22H27Br2N3O4S/c1-4-13-25-22(29)16(2)26(14-17-5-7-18(23)8-6-17)21(28)15-27(32(3,30)31)20-11-9-19(24)10-12-20/h5-12,16H,4,13-15H2,1-3H3,(H,25,29)/t16-/m1/s1. The topological polar surface area (TPSA) is 86.8 Å². The molecule has 0 aliphatic rings. The van der Waals surface area contributed by atoms with Crippen LogP contribution in [0, 0.1) is 0 Å². The van der Waals surface area contributed by atoms with E-state index < -0.39 is 28.5 Å². The third-order valence-electron chi connectivity index (χ3n) is 4.78. The monoisotopic (exact) mass is 587 g/mol. The lowest BCUT2D eigenvalue weighted by Crippen LogP contribution is -2.51. The van der Waals surface area contributed by atoms with Gasteiger partial charge in [0.15, 0.2) is 0 Å². The summed E-state index contributed by atoms with van der Waals surface area (Å²) in [6, 6.07) is 13.3. The van der Waals surface area contributed by atoms with E-state index in [4.69, 9.17) is 0 Å². The Morgan fingerprint density at radius 2 is 1.53 bits per heavy atom. The Morgan fingerprint density at radius 1 is 1.00 bits per heavy atom. The highest BCUT2D eigenvalue weighted by Crippen LogP contribution is 2.22. The van der Waals surface area contributed by atoms with Crippen molar-refractivity contribution < 1.29 is 18.0 Å². The minimum atomic E-state index is -3.73. The van der Waals surface area contributed by atoms with Crippen molar-refractivity contribution in [3.8, 4) is 0 Å². The van der Waals surface area contributed by atoms with Gasteiger partial charge in [-0.05, 0) is 55.3 Å². The number of benzene rings is 2. The number of carbonyl (C=O) groups is 2. The summed E-state index contributed by atoms with van der Waals surface area (Å²) in [5.74, 6) is -0.757. The first-order chi connectivity index (χ1) is 15.0. The molecular weight excluding hydrogens is 562 g/mol. The van der Waals surface area contributed by atoms with Crippen LogP contribution in [0.25, 0.3) is 0 Å². The molecule has 0 spiro atoms. The van der Waals surface area contributed by atoms with Gasteiger partial charge in [-0.2, -0.15) is 0 Å². The van der Waals surface area contributed by atoms with Crippen LogP contribution >= 0.6 is 31.9 Å². The molecule has 2 rings (SSSR count). The van der Waals surface area contributed by atoms with Gasteiger partial charge in [-0.1, -0.05) is 50.9 Å². The second-order valence-electron chi connectivity index (χ2n) is 7.36. The van der Waals surface area contributed by atoms with Crippen LogP contribution in [0.4, 0.5) is 5.69 Å². The molecule has 0 aliphatic carbocycles. The smallest absolute Gasteiger partial charge is 0.244 e. The highest BCUT2D eigenvalue weighted by atomic mass is 79.9. The van der Waals surface area contributed by atoms with Crippen LogP contribution in [0.15, 0.2) is 57.5 Å². The third-order valence-corrected chi connectivity index (χ3v) is 6.97. The molecule has 0 unspecified atom stereocenters. The maximum atomic E-state index is 13.4. The molecule has 2 aromatic rings. The third kappa shape index (κ3) is 7.60. The van der Waals surface area contributed by atoms with Crippen LogP contribution in [0.2, 0.25) is 0 Å². The van der Waals surface area contributed by atoms with Gasteiger partial charge in [-0.25, -0.2) is 8.42 Å². The van der Waals surface area contributed by atoms with E-state index in [2.05, 4.69) is 37.2 Å². The number of hydrogen-bond acceptors (Lipinski definition) is 4. The molecule has 0 heterocycles. The maximum Gasteiger partial charge on any atom is 0.244 e. The van der Waals surface area contributed by atoms with Crippen molar-refractivity contribution in [2.75, 3.05) is 23.7 Å². The Morgan fingerprint density at radius 3 is 2.03 bits per heavy atom. The zero-order valence-electron chi connectivity index (χ0n) is 18.2. The molecule has 32 heavy (non-hydrogen) atoms. The van der Waals surface area contributed by atoms with E-state index in [1.165, 1.54) is 4.90 Å². The van der Waals surface area contributed by atoms with E-state index in [1.54, 1.807) is 31.2 Å². The van der Waals surface area contributed by atoms with Crippen LogP contribution in [-0.4, -0.2) is 50.5 Å². The number of halogens is 2. The lowest BCUT2D eigenvalue weighted by Gasteiger charge is -2.31. The minimum absolute atomic E-state index is 0.171. The molecule has 0 bridgehead atoms. The van der Waals surface area contributed by atoms with Crippen LogP contribution in [0.5, 0.6) is 0 Å². The van der Waals surface area contributed by atoms with Gasteiger partial charge in [0.1, 0.15) is 12.6 Å². The second kappa shape index (κ2) is 11.8. The van der Waals surface area contributed by atoms with E-state index in [0.29, 0.717) is 12.2 Å². The average molecular weight is 589 g/mol. The lowest BCUT2D eigenvalue weighted by atomic mass is 10.1. The van der Waals surface area contributed by atoms with Crippen molar-refractivity contribution in [2.24, 2.45) is 0 Å². The number of nitrogens with zero attached hydrogens (tertiary/aromatic N) is 2. The van der Waals surface area contributed by atoms with Crippen molar-refractivity contribution in [3.63, 3.8) is 0 Å². The molecule has 2 amide bonds. The molecule has 0 fully saturated rings. The van der Waals surface area contributed by atoms with Crippen LogP contribution in [0.3, 0.4) is 0 Å². The summed E-state index contributed by atoms with van der Waals surface area (Å²) >= 11 is 6.71. The summed E-state index contributed by atoms with van der Waals surface area (Å²) in [7, 11) is -3.73. The zero-order chi connectivity index (χ0) is 23.9. The maximum absolute atomic E-state index is 13.4. The van der Waals surface area contributed by atoms with Gasteiger partial charge in [0.25, 0.3) is 0 Å². The van der Waals surface area contributed by atoms with E-state index in [9.17, 15) is 18.0 Å². The van der Waals surface area contributed by atoms with Crippen molar-refractivity contribution >= 4 is 59.4 Å². The van der Waals surface area contributed by atoms with Gasteiger partial charge >= 0.3 is 0 Å². The van der Waals surface area contributed by atoms with Crippen LogP contribution in [-0.2, 0) is 26.2 Å². The minimum Gasteiger partial charge on any atom is -0.354 e. The van der Waals surface area contributed by atoms with Crippen molar-refractivity contribution in [1.82, 2.24) is 10.2 Å². The average Bonchev–Trinajstić information content (AvgIpc) is 2.74. The van der Waals surface area contributed by atoms with E-state index in [0.717, 1.165) is 31.5 Å². The largest absolute Gasteiger partial charge is 0.354 e. The van der Waals surface area contributed by atoms with Gasteiger partial charge in [0.2, 0.25) is 21.8 Å². The molecule has 0 saturated heterocycles. The van der Waals surface area contributed by atoms with Gasteiger partial charge in [0, 0.05) is 22.0 Å². The highest BCUT2D eigenvalue weighted by molar-refractivity contribution is 9.10. The van der Waals surface area contributed by atoms with Gasteiger partial charge in [-0.3, -0.25) is 13.9 Å². The van der Waals surface area contributed by atoms with E-state index in [1.807, 2.05) is 31.2 Å². The predicted octanol–water partition coefficient (Wildman–Crippen LogP) is 3.92. The molecule has 1 N–H and O–H groups in total. The summed E-state index contributed by atoms with van der Waals surface area (Å²) in [5, 5.41) is 2.81. The number of carbonyl (C=O) groups excluding carboxylic acids is 2. The molecule has 7 nitrogen and oxygen atoms in total. The molecule has 0 aliphatic heterocycles. The Hall–Kier alpha value is -1.91. The lowest BCUT2D eigenvalue weighted by molar-refractivity contribution is -0.139. The van der Waals surface area contributed by atoms with E-state index >= 15 is 0 Å². The number of sulfonamides is 1. The normalized spacial score (nSPS) is 12.2. The molecule has 1 atom stereocenters. The van der Waals surface area contributed by atoms with Crippen molar-refractivity contribution in [2.45, 2.75) is 32.9 Å². The quantitative estimate of drug-likeness (QED) is 0.456. The summed E-state index contributed by atoms with van der Waals surface area (Å²) in [6.07, 6.45) is 1.82. The van der Waals surface area contributed by atoms with E-state index in [-0.39, 0.29) is 12.5 Å². The number of nitrogens with one attached hydrogen (secondary N) is 1. The Kier molecular flexibility index (Phi) is 9.72. The molecule has 174 valence electrons. The fourth-order valence-corrected chi connectivity index (χ4v) is 4.36. The first-order valence-electron chi connectivity index (χ1n) is 10.1. The molecular formula is C22H27Br2N3O4S. The first kappa shape index (κ1) is 26.3. The molecule has 0 aromatic heterocycles. The highest BCUT2D eigenvalue weighted by Gasteiger charge is 2.29. The molecule has 0 radical (unpaired) electrons. The Balaban J connectivity index is 2.34. The van der Waals surface area contributed by atoms with Gasteiger partial charge in [0.05, 0.1) is 11.9 Å². The molecule has 2 aromatic carbocycles. The SMILES string of the molecule is CCCNC(=O)[C@@H](C)N(Cc1ccc(Br)cc1)C(=O)CN(c1ccc(Br)cc1)S(C)(=O)=O.